The first-order valence-electron chi connectivity index (χ1n) is 12.0. The highest BCUT2D eigenvalue weighted by atomic mass is 19.3. The molecule has 35 heavy (non-hydrogen) atoms. The Labute approximate surface area is 201 Å². The van der Waals surface area contributed by atoms with Crippen LogP contribution in [0.2, 0.25) is 0 Å². The highest BCUT2D eigenvalue weighted by molar-refractivity contribution is 6.01. The van der Waals surface area contributed by atoms with Gasteiger partial charge in [-0.25, -0.2) is 18.7 Å². The van der Waals surface area contributed by atoms with Gasteiger partial charge in [-0.15, -0.1) is 0 Å². The van der Waals surface area contributed by atoms with Gasteiger partial charge < -0.3 is 25.3 Å². The van der Waals surface area contributed by atoms with Crippen molar-refractivity contribution in [3.63, 3.8) is 0 Å². The molecule has 1 saturated carbocycles. The molecule has 186 valence electrons. The molecule has 5 rings (SSSR count). The summed E-state index contributed by atoms with van der Waals surface area (Å²) in [7, 11) is 1.79. The van der Waals surface area contributed by atoms with Crippen LogP contribution in [-0.2, 0) is 6.54 Å². The van der Waals surface area contributed by atoms with E-state index in [1.165, 1.54) is 4.57 Å². The Morgan fingerprint density at radius 3 is 2.66 bits per heavy atom. The maximum atomic E-state index is 13.1. The molecule has 4 heterocycles. The zero-order valence-corrected chi connectivity index (χ0v) is 20.1. The number of pyridine rings is 1. The van der Waals surface area contributed by atoms with Gasteiger partial charge in [-0.2, -0.15) is 9.97 Å². The number of imidazole rings is 1. The number of H-pyrrole nitrogens is 1. The van der Waals surface area contributed by atoms with Gasteiger partial charge in [0.2, 0.25) is 5.95 Å². The van der Waals surface area contributed by atoms with Crippen molar-refractivity contribution in [2.24, 2.45) is 0 Å². The van der Waals surface area contributed by atoms with Crippen molar-refractivity contribution in [1.82, 2.24) is 29.5 Å². The number of aryl methyl sites for hydroxylation is 1. The number of rotatable bonds is 7. The van der Waals surface area contributed by atoms with Crippen molar-refractivity contribution in [1.29, 1.82) is 0 Å². The molecule has 0 aromatic carbocycles. The van der Waals surface area contributed by atoms with Crippen LogP contribution in [0.1, 0.15) is 44.9 Å². The SMILES string of the molecule is CCC1(O)CCC(Nc2nc(NC)c3c(-c4ccc5nc(C)n(CC(F)F)c5n4)c[nH]c3n2)CC1. The van der Waals surface area contributed by atoms with E-state index < -0.39 is 18.6 Å². The van der Waals surface area contributed by atoms with Gasteiger partial charge in [0.1, 0.15) is 22.8 Å². The minimum absolute atomic E-state index is 0.195. The van der Waals surface area contributed by atoms with Gasteiger partial charge in [-0.3, -0.25) is 0 Å². The van der Waals surface area contributed by atoms with Gasteiger partial charge in [0.15, 0.2) is 5.65 Å². The number of aromatic amines is 1. The molecule has 0 aliphatic heterocycles. The summed E-state index contributed by atoms with van der Waals surface area (Å²) in [6, 6.07) is 3.81. The summed E-state index contributed by atoms with van der Waals surface area (Å²) < 4.78 is 27.7. The monoisotopic (exact) mass is 484 g/mol. The molecule has 0 bridgehead atoms. The van der Waals surface area contributed by atoms with Crippen LogP contribution in [-0.4, -0.2) is 59.7 Å². The lowest BCUT2D eigenvalue weighted by atomic mass is 9.80. The summed E-state index contributed by atoms with van der Waals surface area (Å²) in [6.07, 6.45) is 3.29. The lowest BCUT2D eigenvalue weighted by molar-refractivity contribution is -0.00198. The van der Waals surface area contributed by atoms with Crippen LogP contribution in [0.3, 0.4) is 0 Å². The van der Waals surface area contributed by atoms with E-state index in [-0.39, 0.29) is 6.04 Å². The largest absolute Gasteiger partial charge is 0.390 e. The van der Waals surface area contributed by atoms with Gasteiger partial charge in [-0.05, 0) is 51.2 Å². The van der Waals surface area contributed by atoms with E-state index in [9.17, 15) is 13.9 Å². The summed E-state index contributed by atoms with van der Waals surface area (Å²) >= 11 is 0. The van der Waals surface area contributed by atoms with Gasteiger partial charge in [0.05, 0.1) is 23.2 Å². The quantitative estimate of drug-likeness (QED) is 0.306. The number of anilines is 2. The zero-order chi connectivity index (χ0) is 24.7. The highest BCUT2D eigenvalue weighted by Gasteiger charge is 2.31. The summed E-state index contributed by atoms with van der Waals surface area (Å²) in [5.74, 6) is 1.64. The van der Waals surface area contributed by atoms with Gasteiger partial charge in [0.25, 0.3) is 6.43 Å². The maximum Gasteiger partial charge on any atom is 0.256 e. The third kappa shape index (κ3) is 4.40. The molecular formula is C24H30F2N8O. The molecule has 9 nitrogen and oxygen atoms in total. The highest BCUT2D eigenvalue weighted by Crippen LogP contribution is 2.35. The molecule has 0 amide bonds. The molecule has 1 fully saturated rings. The van der Waals surface area contributed by atoms with Gasteiger partial charge >= 0.3 is 0 Å². The number of hydrogen-bond acceptors (Lipinski definition) is 7. The first kappa shape index (κ1) is 23.4. The molecule has 4 N–H and O–H groups in total. The first-order chi connectivity index (χ1) is 16.8. The Morgan fingerprint density at radius 1 is 1.20 bits per heavy atom. The number of nitrogens with one attached hydrogen (secondary N) is 3. The number of alkyl halides is 2. The second kappa shape index (κ2) is 9.03. The van der Waals surface area contributed by atoms with Crippen LogP contribution in [0.4, 0.5) is 20.5 Å². The Balaban J connectivity index is 1.48. The van der Waals surface area contributed by atoms with Crippen molar-refractivity contribution in [2.75, 3.05) is 17.7 Å². The van der Waals surface area contributed by atoms with E-state index in [1.54, 1.807) is 26.2 Å². The summed E-state index contributed by atoms with van der Waals surface area (Å²) in [5, 5.41) is 17.8. The number of fused-ring (bicyclic) bond motifs is 2. The molecule has 4 aromatic heterocycles. The third-order valence-corrected chi connectivity index (χ3v) is 7.06. The molecule has 1 aliphatic rings. The third-order valence-electron chi connectivity index (χ3n) is 7.06. The van der Waals surface area contributed by atoms with Crippen molar-refractivity contribution in [2.45, 2.75) is 70.6 Å². The topological polar surface area (TPSA) is 117 Å². The van der Waals surface area contributed by atoms with E-state index in [0.29, 0.717) is 40.1 Å². The lowest BCUT2D eigenvalue weighted by Gasteiger charge is -2.35. The number of nitrogens with zero attached hydrogens (tertiary/aromatic N) is 5. The number of aliphatic hydroxyl groups is 1. The Kier molecular flexibility index (Phi) is 6.04. The van der Waals surface area contributed by atoms with E-state index in [4.69, 9.17) is 4.98 Å². The molecule has 1 aliphatic carbocycles. The molecule has 11 heteroatoms. The predicted molar refractivity (Wildman–Crippen MR) is 132 cm³/mol. The fraction of sp³-hybridized carbons (Fsp3) is 0.500. The zero-order valence-electron chi connectivity index (χ0n) is 20.1. The Hall–Kier alpha value is -3.34. The lowest BCUT2D eigenvalue weighted by Crippen LogP contribution is -2.38. The van der Waals surface area contributed by atoms with Crippen LogP contribution in [0.15, 0.2) is 18.3 Å². The molecule has 0 spiro atoms. The van der Waals surface area contributed by atoms with Gasteiger partial charge in [0, 0.05) is 24.8 Å². The van der Waals surface area contributed by atoms with E-state index in [1.807, 2.05) is 13.0 Å². The second-order valence-corrected chi connectivity index (χ2v) is 9.27. The average Bonchev–Trinajstić information content (AvgIpc) is 3.40. The van der Waals surface area contributed by atoms with Crippen molar-refractivity contribution < 1.29 is 13.9 Å². The Bertz CT molecular complexity index is 1360. The van der Waals surface area contributed by atoms with Crippen LogP contribution in [0.5, 0.6) is 0 Å². The molecule has 4 aromatic rings. The average molecular weight is 485 g/mol. The van der Waals surface area contributed by atoms with E-state index in [2.05, 4.69) is 30.6 Å². The summed E-state index contributed by atoms with van der Waals surface area (Å²) in [5.41, 5.74) is 2.46. The fourth-order valence-electron chi connectivity index (χ4n) is 4.94. The molecule has 0 radical (unpaired) electrons. The molecule has 0 unspecified atom stereocenters. The second-order valence-electron chi connectivity index (χ2n) is 9.27. The van der Waals surface area contributed by atoms with Crippen LogP contribution >= 0.6 is 0 Å². The molecule has 0 saturated heterocycles. The molecule has 0 atom stereocenters. The van der Waals surface area contributed by atoms with Crippen LogP contribution < -0.4 is 10.6 Å². The van der Waals surface area contributed by atoms with Crippen LogP contribution in [0, 0.1) is 6.92 Å². The Morgan fingerprint density at radius 2 is 1.97 bits per heavy atom. The predicted octanol–water partition coefficient (Wildman–Crippen LogP) is 4.48. The number of hydrogen-bond donors (Lipinski definition) is 4. The van der Waals surface area contributed by atoms with Crippen molar-refractivity contribution in [3.8, 4) is 11.3 Å². The smallest absolute Gasteiger partial charge is 0.256 e. The fourth-order valence-corrected chi connectivity index (χ4v) is 4.94. The minimum atomic E-state index is -2.50. The molecular weight excluding hydrogens is 454 g/mol. The van der Waals surface area contributed by atoms with Gasteiger partial charge in [-0.1, -0.05) is 6.92 Å². The van der Waals surface area contributed by atoms with E-state index >= 15 is 0 Å². The summed E-state index contributed by atoms with van der Waals surface area (Å²) in [4.78, 5) is 21.6. The maximum absolute atomic E-state index is 13.1. The summed E-state index contributed by atoms with van der Waals surface area (Å²) in [6.45, 7) is 3.27. The number of aromatic nitrogens is 6. The normalized spacial score (nSPS) is 20.7. The minimum Gasteiger partial charge on any atom is -0.390 e. The number of halogens is 2. The standard InChI is InChI=1S/C24H30F2N8O/c1-4-24(35)9-7-14(8-10-24)30-23-32-20(27-3)19-15(11-28-21(19)33-23)16-5-6-17-22(31-16)34(12-18(25)26)13(2)29-17/h5-6,11,14,18,35H,4,7-10,12H2,1-3H3,(H3,27,28,30,32,33). The first-order valence-corrected chi connectivity index (χ1v) is 12.0. The van der Waals surface area contributed by atoms with Crippen molar-refractivity contribution in [3.05, 3.63) is 24.2 Å². The van der Waals surface area contributed by atoms with E-state index in [0.717, 1.165) is 43.1 Å². The van der Waals surface area contributed by atoms with Crippen molar-refractivity contribution >= 4 is 34.0 Å². The van der Waals surface area contributed by atoms with Crippen LogP contribution in [0.25, 0.3) is 33.5 Å².